The zero-order valence-electron chi connectivity index (χ0n) is 17.7. The largest absolute Gasteiger partial charge is 0.452 e. The van der Waals surface area contributed by atoms with E-state index < -0.39 is 28.5 Å². The number of ether oxygens (including phenoxy) is 1. The first kappa shape index (κ1) is 23.9. The summed E-state index contributed by atoms with van der Waals surface area (Å²) in [7, 11) is -2.42. The van der Waals surface area contributed by atoms with Gasteiger partial charge in [-0.1, -0.05) is 24.3 Å². The van der Waals surface area contributed by atoms with Crippen LogP contribution in [0.2, 0.25) is 0 Å². The number of rotatable bonds is 9. The number of carbonyl (C=O) groups excluding carboxylic acids is 2. The molecule has 0 spiro atoms. The van der Waals surface area contributed by atoms with Crippen LogP contribution < -0.4 is 4.31 Å². The van der Waals surface area contributed by atoms with Gasteiger partial charge in [0.25, 0.3) is 15.9 Å². The van der Waals surface area contributed by atoms with Crippen LogP contribution in [0.25, 0.3) is 0 Å². The number of hydrogen-bond donors (Lipinski definition) is 0. The molecule has 0 saturated heterocycles. The number of hydrogen-bond acceptors (Lipinski definition) is 6. The van der Waals surface area contributed by atoms with Crippen LogP contribution in [0.1, 0.15) is 29.3 Å². The first-order chi connectivity index (χ1) is 14.7. The maximum absolute atomic E-state index is 13.3. The van der Waals surface area contributed by atoms with Crippen molar-refractivity contribution in [3.63, 3.8) is 0 Å². The van der Waals surface area contributed by atoms with E-state index in [2.05, 4.69) is 0 Å². The summed E-state index contributed by atoms with van der Waals surface area (Å²) in [6.07, 6.45) is 0.171. The average Bonchev–Trinajstić information content (AvgIpc) is 2.76. The first-order valence-corrected chi connectivity index (χ1v) is 11.1. The van der Waals surface area contributed by atoms with Gasteiger partial charge in [-0.2, -0.15) is 5.26 Å². The third-order valence-corrected chi connectivity index (χ3v) is 6.68. The van der Waals surface area contributed by atoms with E-state index in [0.29, 0.717) is 11.3 Å². The molecule has 0 aliphatic rings. The van der Waals surface area contributed by atoms with Crippen molar-refractivity contribution in [2.24, 2.45) is 0 Å². The van der Waals surface area contributed by atoms with Gasteiger partial charge in [0, 0.05) is 20.1 Å². The van der Waals surface area contributed by atoms with Crippen LogP contribution in [0.5, 0.6) is 0 Å². The summed E-state index contributed by atoms with van der Waals surface area (Å²) in [5.41, 5.74) is 1.03. The molecule has 164 valence electrons. The van der Waals surface area contributed by atoms with Gasteiger partial charge in [0.2, 0.25) is 0 Å². The fraction of sp³-hybridized carbons (Fsp3) is 0.318. The van der Waals surface area contributed by atoms with Crippen LogP contribution in [0, 0.1) is 18.3 Å². The lowest BCUT2D eigenvalue weighted by atomic mass is 10.1. The number of para-hydroxylation sites is 1. The van der Waals surface area contributed by atoms with Gasteiger partial charge in [-0.3, -0.25) is 9.10 Å². The Morgan fingerprint density at radius 2 is 1.81 bits per heavy atom. The Kier molecular flexibility index (Phi) is 8.16. The van der Waals surface area contributed by atoms with E-state index in [0.717, 1.165) is 0 Å². The van der Waals surface area contributed by atoms with Gasteiger partial charge in [0.15, 0.2) is 6.61 Å². The Morgan fingerprint density at radius 3 is 2.42 bits per heavy atom. The minimum Gasteiger partial charge on any atom is -0.452 e. The predicted molar refractivity (Wildman–Crippen MR) is 116 cm³/mol. The lowest BCUT2D eigenvalue weighted by Gasteiger charge is -2.24. The van der Waals surface area contributed by atoms with Gasteiger partial charge in [0.1, 0.15) is 0 Å². The fourth-order valence-corrected chi connectivity index (χ4v) is 4.60. The summed E-state index contributed by atoms with van der Waals surface area (Å²) in [5.74, 6) is -1.26. The number of aryl methyl sites for hydroxylation is 1. The van der Waals surface area contributed by atoms with E-state index >= 15 is 0 Å². The monoisotopic (exact) mass is 443 g/mol. The third-order valence-electron chi connectivity index (χ3n) is 4.63. The highest BCUT2D eigenvalue weighted by atomic mass is 32.2. The first-order valence-electron chi connectivity index (χ1n) is 9.68. The van der Waals surface area contributed by atoms with Gasteiger partial charge in [-0.15, -0.1) is 0 Å². The molecule has 0 aliphatic carbocycles. The zero-order valence-corrected chi connectivity index (χ0v) is 18.6. The van der Waals surface area contributed by atoms with Crippen LogP contribution in [0.3, 0.4) is 0 Å². The molecular formula is C22H25N3O5S. The second-order valence-corrected chi connectivity index (χ2v) is 8.62. The third kappa shape index (κ3) is 5.83. The van der Waals surface area contributed by atoms with Crippen LogP contribution in [-0.4, -0.2) is 51.9 Å². The lowest BCUT2D eigenvalue weighted by molar-refractivity contribution is -0.133. The quantitative estimate of drug-likeness (QED) is 0.552. The molecule has 0 aliphatic heterocycles. The Labute approximate surface area is 182 Å². The molecule has 2 aromatic carbocycles. The van der Waals surface area contributed by atoms with Crippen molar-refractivity contribution < 1.29 is 22.7 Å². The summed E-state index contributed by atoms with van der Waals surface area (Å²) in [5, 5.41) is 8.58. The molecule has 0 radical (unpaired) electrons. The van der Waals surface area contributed by atoms with Gasteiger partial charge < -0.3 is 9.64 Å². The Morgan fingerprint density at radius 1 is 1.13 bits per heavy atom. The predicted octanol–water partition coefficient (Wildman–Crippen LogP) is 2.74. The van der Waals surface area contributed by atoms with Gasteiger partial charge in [-0.05, 0) is 43.7 Å². The molecule has 1 amide bonds. The van der Waals surface area contributed by atoms with Gasteiger partial charge in [-0.25, -0.2) is 13.2 Å². The molecule has 2 aromatic rings. The number of nitrogens with zero attached hydrogens (tertiary/aromatic N) is 3. The van der Waals surface area contributed by atoms with E-state index in [1.165, 1.54) is 34.5 Å². The zero-order chi connectivity index (χ0) is 23.0. The number of likely N-dealkylation sites (N-methyl/N-ethyl adjacent to an activating group) is 1. The Bertz CT molecular complexity index is 1080. The smallest absolute Gasteiger partial charge is 0.338 e. The highest BCUT2D eigenvalue weighted by Crippen LogP contribution is 2.26. The number of esters is 1. The molecule has 0 fully saturated rings. The Hall–Kier alpha value is -3.38. The molecule has 9 heteroatoms. The molecule has 0 bridgehead atoms. The summed E-state index contributed by atoms with van der Waals surface area (Å²) < 4.78 is 32.9. The summed E-state index contributed by atoms with van der Waals surface area (Å²) in [6.45, 7) is 3.32. The number of anilines is 1. The number of sulfonamides is 1. The Balaban J connectivity index is 2.24. The van der Waals surface area contributed by atoms with Crippen LogP contribution >= 0.6 is 0 Å². The maximum Gasteiger partial charge on any atom is 0.338 e. The van der Waals surface area contributed by atoms with Crippen LogP contribution in [0.4, 0.5) is 5.69 Å². The number of nitriles is 1. The molecule has 0 atom stereocenters. The molecule has 0 saturated carbocycles. The molecular weight excluding hydrogens is 418 g/mol. The maximum atomic E-state index is 13.3. The van der Waals surface area contributed by atoms with Crippen molar-refractivity contribution >= 4 is 27.6 Å². The average molecular weight is 444 g/mol. The van der Waals surface area contributed by atoms with Gasteiger partial charge in [0.05, 0.1) is 28.6 Å². The molecule has 0 aromatic heterocycles. The fourth-order valence-electron chi connectivity index (χ4n) is 2.87. The molecule has 0 unspecified atom stereocenters. The number of amides is 1. The molecule has 0 heterocycles. The van der Waals surface area contributed by atoms with Crippen molar-refractivity contribution in [2.75, 3.05) is 31.0 Å². The highest BCUT2D eigenvalue weighted by Gasteiger charge is 2.26. The SMILES string of the molecule is CCN(c1ccccc1)S(=O)(=O)c1cc(C(=O)OCC(=O)N(C)CCC#N)ccc1C. The van der Waals surface area contributed by atoms with Gasteiger partial charge >= 0.3 is 5.97 Å². The van der Waals surface area contributed by atoms with Crippen molar-refractivity contribution in [2.45, 2.75) is 25.2 Å². The summed E-state index contributed by atoms with van der Waals surface area (Å²) in [4.78, 5) is 25.7. The van der Waals surface area contributed by atoms with E-state index in [4.69, 9.17) is 10.00 Å². The molecule has 0 N–H and O–H groups in total. The summed E-state index contributed by atoms with van der Waals surface area (Å²) in [6, 6.07) is 14.9. The molecule has 2 rings (SSSR count). The standard InChI is InChI=1S/C22H25N3O5S/c1-4-25(19-9-6-5-7-10-19)31(28,29)20-15-18(12-11-17(20)2)22(27)30-16-21(26)24(3)14-8-13-23/h5-7,9-12,15H,4,8,14,16H2,1-3H3. The topological polar surface area (TPSA) is 108 Å². The lowest BCUT2D eigenvalue weighted by Crippen LogP contribution is -2.32. The van der Waals surface area contributed by atoms with E-state index in [1.54, 1.807) is 44.2 Å². The van der Waals surface area contributed by atoms with E-state index in [1.807, 2.05) is 6.07 Å². The van der Waals surface area contributed by atoms with Crippen molar-refractivity contribution in [1.82, 2.24) is 4.90 Å². The van der Waals surface area contributed by atoms with Crippen LogP contribution in [-0.2, 0) is 19.6 Å². The molecule has 31 heavy (non-hydrogen) atoms. The minimum atomic E-state index is -3.93. The highest BCUT2D eigenvalue weighted by molar-refractivity contribution is 7.92. The second-order valence-electron chi connectivity index (χ2n) is 6.79. The summed E-state index contributed by atoms with van der Waals surface area (Å²) >= 11 is 0. The normalized spacial score (nSPS) is 10.8. The number of benzene rings is 2. The van der Waals surface area contributed by atoms with E-state index in [-0.39, 0.29) is 30.0 Å². The van der Waals surface area contributed by atoms with Crippen LogP contribution in [0.15, 0.2) is 53.4 Å². The van der Waals surface area contributed by atoms with Crippen molar-refractivity contribution in [3.8, 4) is 6.07 Å². The minimum absolute atomic E-state index is 0.00915. The van der Waals surface area contributed by atoms with Crippen molar-refractivity contribution in [1.29, 1.82) is 5.26 Å². The van der Waals surface area contributed by atoms with E-state index in [9.17, 15) is 18.0 Å². The molecule has 8 nitrogen and oxygen atoms in total. The number of carbonyl (C=O) groups is 2. The second kappa shape index (κ2) is 10.6. The van der Waals surface area contributed by atoms with Crippen molar-refractivity contribution in [3.05, 3.63) is 59.7 Å².